The molecule has 0 saturated heterocycles. The number of fused-ring (bicyclic) bond motifs is 3. The number of amides is 1. The minimum absolute atomic E-state index is 0.291. The van der Waals surface area contributed by atoms with Gasteiger partial charge in [0.05, 0.1) is 26.0 Å². The van der Waals surface area contributed by atoms with Crippen LogP contribution < -0.4 is 20.3 Å². The Morgan fingerprint density at radius 1 is 1.19 bits per heavy atom. The van der Waals surface area contributed by atoms with Gasteiger partial charge in [0.25, 0.3) is 5.56 Å². The van der Waals surface area contributed by atoms with E-state index in [4.69, 9.17) is 13.9 Å². The van der Waals surface area contributed by atoms with Crippen LogP contribution in [0.4, 0.5) is 0 Å². The summed E-state index contributed by atoms with van der Waals surface area (Å²) in [6.45, 7) is 3.83. The van der Waals surface area contributed by atoms with Gasteiger partial charge in [0, 0.05) is 24.7 Å². The predicted molar refractivity (Wildman–Crippen MR) is 115 cm³/mol. The maximum Gasteiger partial charge on any atom is 0.291 e. The van der Waals surface area contributed by atoms with Gasteiger partial charge in [0.15, 0.2) is 5.58 Å². The van der Waals surface area contributed by atoms with Crippen molar-refractivity contribution in [3.05, 3.63) is 58.3 Å². The Morgan fingerprint density at radius 2 is 2.00 bits per heavy atom. The van der Waals surface area contributed by atoms with Crippen LogP contribution in [-0.4, -0.2) is 40.9 Å². The number of aromatic nitrogens is 3. The molecule has 1 aromatic carbocycles. The summed E-state index contributed by atoms with van der Waals surface area (Å²) in [6, 6.07) is 8.23. The number of rotatable bonds is 7. The zero-order chi connectivity index (χ0) is 22.1. The molecule has 31 heavy (non-hydrogen) atoms. The molecule has 4 aromatic rings. The number of furan rings is 1. The zero-order valence-corrected chi connectivity index (χ0v) is 17.8. The summed E-state index contributed by atoms with van der Waals surface area (Å²) in [5.41, 5.74) is 2.39. The molecule has 0 unspecified atom stereocenters. The van der Waals surface area contributed by atoms with Gasteiger partial charge in [-0.1, -0.05) is 6.07 Å². The van der Waals surface area contributed by atoms with Crippen LogP contribution in [0.25, 0.3) is 16.6 Å². The molecule has 0 spiro atoms. The number of hydrogen-bond donors (Lipinski definition) is 1. The number of carbonyl (C=O) groups is 1. The lowest BCUT2D eigenvalue weighted by Gasteiger charge is -2.16. The van der Waals surface area contributed by atoms with Gasteiger partial charge in [-0.15, -0.1) is 0 Å². The summed E-state index contributed by atoms with van der Waals surface area (Å²) in [4.78, 5) is 25.7. The van der Waals surface area contributed by atoms with E-state index in [1.54, 1.807) is 56.9 Å². The Hall–Kier alpha value is -3.75. The molecule has 162 valence electrons. The second kappa shape index (κ2) is 8.17. The van der Waals surface area contributed by atoms with Crippen molar-refractivity contribution in [3.63, 3.8) is 0 Å². The molecule has 3 aromatic heterocycles. The van der Waals surface area contributed by atoms with Crippen LogP contribution in [0.3, 0.4) is 0 Å². The highest BCUT2D eigenvalue weighted by atomic mass is 16.5. The third-order valence-electron chi connectivity index (χ3n) is 5.36. The summed E-state index contributed by atoms with van der Waals surface area (Å²) < 4.78 is 18.9. The fraction of sp³-hybridized carbons (Fsp3) is 0.318. The number of hydrogen-bond acceptors (Lipinski definition) is 6. The molecule has 4 rings (SSSR count). The third-order valence-corrected chi connectivity index (χ3v) is 5.36. The van der Waals surface area contributed by atoms with E-state index in [1.807, 2.05) is 12.1 Å². The lowest BCUT2D eigenvalue weighted by Crippen LogP contribution is -2.38. The van der Waals surface area contributed by atoms with Gasteiger partial charge in [0.2, 0.25) is 5.91 Å². The van der Waals surface area contributed by atoms with Crippen LogP contribution in [0.2, 0.25) is 0 Å². The average molecular weight is 424 g/mol. The largest absolute Gasteiger partial charge is 0.497 e. The Labute approximate surface area is 178 Å². The van der Waals surface area contributed by atoms with Crippen molar-refractivity contribution in [3.8, 4) is 11.5 Å². The van der Waals surface area contributed by atoms with Gasteiger partial charge in [-0.3, -0.25) is 14.0 Å². The van der Waals surface area contributed by atoms with Gasteiger partial charge < -0.3 is 19.2 Å². The van der Waals surface area contributed by atoms with Crippen molar-refractivity contribution in [2.75, 3.05) is 20.8 Å². The first-order valence-corrected chi connectivity index (χ1v) is 9.91. The maximum atomic E-state index is 13.0. The number of ether oxygens (including phenoxy) is 2. The summed E-state index contributed by atoms with van der Waals surface area (Å²) in [5, 5.41) is 7.24. The molecule has 0 saturated carbocycles. The van der Waals surface area contributed by atoms with Gasteiger partial charge in [-0.25, -0.2) is 4.68 Å². The fourth-order valence-corrected chi connectivity index (χ4v) is 3.69. The molecular formula is C22H24N4O5. The number of methoxy groups -OCH3 is 2. The SMILES string of the molecule is COc1ccc(CCNC(=O)[C@H](C)n2nc(C)n3c(cc4occc43)c2=O)c(OC)c1. The molecular weight excluding hydrogens is 400 g/mol. The van der Waals surface area contributed by atoms with Crippen molar-refractivity contribution in [2.24, 2.45) is 0 Å². The first kappa shape index (κ1) is 20.5. The molecule has 0 radical (unpaired) electrons. The monoisotopic (exact) mass is 424 g/mol. The third kappa shape index (κ3) is 3.63. The molecule has 0 bridgehead atoms. The molecule has 3 heterocycles. The van der Waals surface area contributed by atoms with Gasteiger partial charge in [-0.05, 0) is 31.9 Å². The number of benzene rings is 1. The van der Waals surface area contributed by atoms with E-state index in [1.165, 1.54) is 4.68 Å². The number of carbonyl (C=O) groups excluding carboxylic acids is 1. The van der Waals surface area contributed by atoms with Gasteiger partial charge >= 0.3 is 0 Å². The van der Waals surface area contributed by atoms with E-state index in [-0.39, 0.29) is 11.5 Å². The van der Waals surface area contributed by atoms with Crippen molar-refractivity contribution in [1.29, 1.82) is 0 Å². The zero-order valence-electron chi connectivity index (χ0n) is 17.8. The Morgan fingerprint density at radius 3 is 2.74 bits per heavy atom. The summed E-state index contributed by atoms with van der Waals surface area (Å²) in [7, 11) is 3.18. The lowest BCUT2D eigenvalue weighted by molar-refractivity contribution is -0.124. The second-order valence-electron chi connectivity index (χ2n) is 7.23. The lowest BCUT2D eigenvalue weighted by atomic mass is 10.1. The van der Waals surface area contributed by atoms with E-state index in [0.717, 1.165) is 11.1 Å². The average Bonchev–Trinajstić information content (AvgIpc) is 3.37. The molecule has 0 aliphatic rings. The van der Waals surface area contributed by atoms with E-state index >= 15 is 0 Å². The second-order valence-corrected chi connectivity index (χ2v) is 7.23. The Balaban J connectivity index is 1.50. The first-order chi connectivity index (χ1) is 14.9. The molecule has 9 heteroatoms. The Kier molecular flexibility index (Phi) is 5.41. The summed E-state index contributed by atoms with van der Waals surface area (Å²) in [5.74, 6) is 1.69. The highest BCUT2D eigenvalue weighted by Crippen LogP contribution is 2.25. The van der Waals surface area contributed by atoms with Crippen LogP contribution in [0.1, 0.15) is 24.4 Å². The van der Waals surface area contributed by atoms with Crippen molar-refractivity contribution < 1.29 is 18.7 Å². The van der Waals surface area contributed by atoms with E-state index < -0.39 is 6.04 Å². The number of nitrogens with zero attached hydrogens (tertiary/aromatic N) is 3. The molecule has 9 nitrogen and oxygen atoms in total. The van der Waals surface area contributed by atoms with Crippen LogP contribution in [0.15, 0.2) is 45.8 Å². The summed E-state index contributed by atoms with van der Waals surface area (Å²) in [6.07, 6.45) is 2.14. The van der Waals surface area contributed by atoms with Gasteiger partial charge in [-0.2, -0.15) is 5.10 Å². The number of nitrogens with one attached hydrogen (secondary N) is 1. The van der Waals surface area contributed by atoms with E-state index in [9.17, 15) is 9.59 Å². The van der Waals surface area contributed by atoms with Crippen molar-refractivity contribution in [2.45, 2.75) is 26.3 Å². The fourth-order valence-electron chi connectivity index (χ4n) is 3.69. The maximum absolute atomic E-state index is 13.0. The highest BCUT2D eigenvalue weighted by Gasteiger charge is 2.21. The van der Waals surface area contributed by atoms with Crippen LogP contribution in [0, 0.1) is 6.92 Å². The topological polar surface area (TPSA) is 100 Å². The van der Waals surface area contributed by atoms with Crippen molar-refractivity contribution >= 4 is 22.5 Å². The van der Waals surface area contributed by atoms with E-state index in [2.05, 4.69) is 10.4 Å². The normalized spacial score (nSPS) is 12.3. The predicted octanol–water partition coefficient (Wildman–Crippen LogP) is 2.49. The first-order valence-electron chi connectivity index (χ1n) is 9.91. The standard InChI is InChI=1S/C22H24N4O5/c1-13(21(27)23-9-7-15-5-6-16(29-3)11-19(15)30-4)26-22(28)18-12-20-17(8-10-31-20)25(18)14(2)24-26/h5-6,8,10-13H,7,9H2,1-4H3,(H,23,27)/t13-/m0/s1. The molecule has 0 aliphatic carbocycles. The molecule has 1 amide bonds. The van der Waals surface area contributed by atoms with Crippen LogP contribution in [0.5, 0.6) is 11.5 Å². The molecule has 0 aliphatic heterocycles. The smallest absolute Gasteiger partial charge is 0.291 e. The highest BCUT2D eigenvalue weighted by molar-refractivity contribution is 5.83. The van der Waals surface area contributed by atoms with Crippen molar-refractivity contribution in [1.82, 2.24) is 19.5 Å². The quantitative estimate of drug-likeness (QED) is 0.489. The molecule has 1 N–H and O–H groups in total. The Bertz CT molecular complexity index is 1320. The molecule has 0 fully saturated rings. The summed E-state index contributed by atoms with van der Waals surface area (Å²) >= 11 is 0. The number of aryl methyl sites for hydroxylation is 1. The van der Waals surface area contributed by atoms with E-state index in [0.29, 0.717) is 41.4 Å². The van der Waals surface area contributed by atoms with Gasteiger partial charge in [0.1, 0.15) is 28.9 Å². The van der Waals surface area contributed by atoms with Crippen LogP contribution in [-0.2, 0) is 11.2 Å². The minimum atomic E-state index is -0.768. The van der Waals surface area contributed by atoms with Crippen LogP contribution >= 0.6 is 0 Å². The minimum Gasteiger partial charge on any atom is -0.497 e. The molecule has 1 atom stereocenters.